The molecule has 20 heavy (non-hydrogen) atoms. The van der Waals surface area contributed by atoms with E-state index in [1.54, 1.807) is 11.3 Å². The van der Waals surface area contributed by atoms with Crippen LogP contribution in [0.4, 0.5) is 0 Å². The number of thiocarbonyl (C=S) groups is 1. The zero-order valence-corrected chi connectivity index (χ0v) is 13.3. The molecular weight excluding hydrogens is 288 g/mol. The van der Waals surface area contributed by atoms with Crippen LogP contribution in [0.5, 0.6) is 0 Å². The largest absolute Gasteiger partial charge is 0.392 e. The van der Waals surface area contributed by atoms with Crippen LogP contribution in [-0.2, 0) is 11.2 Å². The number of nitrogens with two attached hydrogens (primary N) is 1. The maximum atomic E-state index is 12.4. The van der Waals surface area contributed by atoms with E-state index in [9.17, 15) is 4.79 Å². The number of carbonyl (C=O) groups excluding carboxylic acids is 1. The molecule has 3 nitrogen and oxygen atoms in total. The minimum Gasteiger partial charge on any atom is -0.392 e. The van der Waals surface area contributed by atoms with Gasteiger partial charge in [-0.05, 0) is 37.1 Å². The van der Waals surface area contributed by atoms with E-state index in [1.165, 1.54) is 17.7 Å². The Hall–Kier alpha value is -0.940. The third-order valence-corrected chi connectivity index (χ3v) is 4.87. The number of hydrogen-bond acceptors (Lipinski definition) is 3. The standard InChI is InChI=1S/C15H22N2OS2/c16-14(19)11-17(12-5-1-2-6-12)15(18)9-3-7-13-8-4-10-20-13/h4,8,10,12H,1-3,5-7,9,11H2,(H2,16,19). The molecule has 5 heteroatoms. The molecule has 0 bridgehead atoms. The van der Waals surface area contributed by atoms with Crippen LogP contribution < -0.4 is 5.73 Å². The van der Waals surface area contributed by atoms with Crippen LogP contribution in [0, 0.1) is 0 Å². The third kappa shape index (κ3) is 4.56. The van der Waals surface area contributed by atoms with Gasteiger partial charge in [0.1, 0.15) is 0 Å². The van der Waals surface area contributed by atoms with Gasteiger partial charge in [-0.1, -0.05) is 31.1 Å². The second kappa shape index (κ2) is 7.74. The lowest BCUT2D eigenvalue weighted by Crippen LogP contribution is -2.43. The first-order valence-corrected chi connectivity index (χ1v) is 8.56. The van der Waals surface area contributed by atoms with Crippen molar-refractivity contribution >= 4 is 34.5 Å². The maximum absolute atomic E-state index is 12.4. The lowest BCUT2D eigenvalue weighted by Gasteiger charge is -2.28. The number of thiophene rings is 1. The molecule has 2 rings (SSSR count). The van der Waals surface area contributed by atoms with Crippen molar-refractivity contribution in [3.63, 3.8) is 0 Å². The Labute approximate surface area is 130 Å². The van der Waals surface area contributed by atoms with Crippen LogP contribution in [0.25, 0.3) is 0 Å². The summed E-state index contributed by atoms with van der Waals surface area (Å²) in [5, 5.41) is 2.08. The quantitative estimate of drug-likeness (QED) is 0.787. The molecule has 1 amide bonds. The summed E-state index contributed by atoms with van der Waals surface area (Å²) in [6.45, 7) is 0.442. The summed E-state index contributed by atoms with van der Waals surface area (Å²) in [6.07, 6.45) is 7.09. The van der Waals surface area contributed by atoms with Gasteiger partial charge in [-0.2, -0.15) is 0 Å². The zero-order valence-electron chi connectivity index (χ0n) is 11.7. The number of nitrogens with zero attached hydrogens (tertiary/aromatic N) is 1. The monoisotopic (exact) mass is 310 g/mol. The van der Waals surface area contributed by atoms with Gasteiger partial charge in [-0.3, -0.25) is 4.79 Å². The number of carbonyl (C=O) groups is 1. The second-order valence-electron chi connectivity index (χ2n) is 5.36. The predicted molar refractivity (Wildman–Crippen MR) is 88.0 cm³/mol. The van der Waals surface area contributed by atoms with Crippen molar-refractivity contribution in [2.24, 2.45) is 5.73 Å². The maximum Gasteiger partial charge on any atom is 0.223 e. The fraction of sp³-hybridized carbons (Fsp3) is 0.600. The van der Waals surface area contributed by atoms with Crippen molar-refractivity contribution in [1.82, 2.24) is 4.90 Å². The van der Waals surface area contributed by atoms with Crippen molar-refractivity contribution in [3.05, 3.63) is 22.4 Å². The summed E-state index contributed by atoms with van der Waals surface area (Å²) in [4.78, 5) is 16.1. The molecule has 1 heterocycles. The average Bonchev–Trinajstić information content (AvgIpc) is 3.08. The zero-order chi connectivity index (χ0) is 14.4. The number of rotatable bonds is 7. The first kappa shape index (κ1) is 15.4. The molecule has 110 valence electrons. The normalized spacial score (nSPS) is 15.4. The second-order valence-corrected chi connectivity index (χ2v) is 6.92. The van der Waals surface area contributed by atoms with Gasteiger partial charge < -0.3 is 10.6 Å². The van der Waals surface area contributed by atoms with Crippen LogP contribution in [-0.4, -0.2) is 28.4 Å². The molecule has 0 aliphatic heterocycles. The summed E-state index contributed by atoms with van der Waals surface area (Å²) in [7, 11) is 0. The Morgan fingerprint density at radius 1 is 1.45 bits per heavy atom. The van der Waals surface area contributed by atoms with Crippen LogP contribution in [0.15, 0.2) is 17.5 Å². The van der Waals surface area contributed by atoms with Gasteiger partial charge in [0.25, 0.3) is 0 Å². The Kier molecular flexibility index (Phi) is 5.98. The van der Waals surface area contributed by atoms with Gasteiger partial charge in [0.2, 0.25) is 5.91 Å². The van der Waals surface area contributed by atoms with Crippen molar-refractivity contribution < 1.29 is 4.79 Å². The summed E-state index contributed by atoms with van der Waals surface area (Å²) in [5.41, 5.74) is 5.64. The molecule has 0 aromatic carbocycles. The molecule has 1 aliphatic carbocycles. The molecule has 1 aliphatic rings. The van der Waals surface area contributed by atoms with Crippen LogP contribution in [0.2, 0.25) is 0 Å². The number of hydrogen-bond donors (Lipinski definition) is 1. The molecule has 0 atom stereocenters. The van der Waals surface area contributed by atoms with Crippen LogP contribution in [0.3, 0.4) is 0 Å². The SMILES string of the molecule is NC(=S)CN(C(=O)CCCc1cccs1)C1CCCC1. The van der Waals surface area contributed by atoms with Crippen molar-refractivity contribution in [3.8, 4) is 0 Å². The summed E-state index contributed by atoms with van der Waals surface area (Å²) < 4.78 is 0. The fourth-order valence-electron chi connectivity index (χ4n) is 2.82. The van der Waals surface area contributed by atoms with Crippen LogP contribution in [0.1, 0.15) is 43.4 Å². The van der Waals surface area contributed by atoms with Crippen molar-refractivity contribution in [2.45, 2.75) is 51.0 Å². The van der Waals surface area contributed by atoms with Gasteiger partial charge in [-0.15, -0.1) is 11.3 Å². The van der Waals surface area contributed by atoms with E-state index in [4.69, 9.17) is 18.0 Å². The Balaban J connectivity index is 1.83. The topological polar surface area (TPSA) is 46.3 Å². The third-order valence-electron chi connectivity index (χ3n) is 3.81. The van der Waals surface area contributed by atoms with E-state index in [0.29, 0.717) is 24.0 Å². The molecule has 0 unspecified atom stereocenters. The highest BCUT2D eigenvalue weighted by atomic mass is 32.1. The van der Waals surface area contributed by atoms with E-state index in [0.717, 1.165) is 25.7 Å². The van der Waals surface area contributed by atoms with E-state index < -0.39 is 0 Å². The average molecular weight is 310 g/mol. The highest BCUT2D eigenvalue weighted by molar-refractivity contribution is 7.80. The molecule has 1 aromatic heterocycles. The van der Waals surface area contributed by atoms with E-state index in [2.05, 4.69) is 17.5 Å². The first-order valence-electron chi connectivity index (χ1n) is 7.27. The molecule has 1 saturated carbocycles. The van der Waals surface area contributed by atoms with Gasteiger partial charge in [0, 0.05) is 17.3 Å². The molecule has 1 aromatic rings. The fourth-order valence-corrected chi connectivity index (χ4v) is 3.71. The summed E-state index contributed by atoms with van der Waals surface area (Å²) in [5.74, 6) is 0.209. The Morgan fingerprint density at radius 2 is 2.20 bits per heavy atom. The lowest BCUT2D eigenvalue weighted by molar-refractivity contribution is -0.132. The Morgan fingerprint density at radius 3 is 2.80 bits per heavy atom. The minimum atomic E-state index is 0.209. The highest BCUT2D eigenvalue weighted by Crippen LogP contribution is 2.24. The van der Waals surface area contributed by atoms with E-state index in [1.807, 2.05) is 4.90 Å². The summed E-state index contributed by atoms with van der Waals surface area (Å²) >= 11 is 6.74. The van der Waals surface area contributed by atoms with Gasteiger partial charge in [0.05, 0.1) is 11.5 Å². The van der Waals surface area contributed by atoms with E-state index in [-0.39, 0.29) is 5.91 Å². The smallest absolute Gasteiger partial charge is 0.223 e. The number of aryl methyl sites for hydroxylation is 1. The molecule has 2 N–H and O–H groups in total. The van der Waals surface area contributed by atoms with Crippen molar-refractivity contribution in [1.29, 1.82) is 0 Å². The van der Waals surface area contributed by atoms with Crippen molar-refractivity contribution in [2.75, 3.05) is 6.54 Å². The minimum absolute atomic E-state index is 0.209. The van der Waals surface area contributed by atoms with Gasteiger partial charge in [-0.25, -0.2) is 0 Å². The molecule has 0 radical (unpaired) electrons. The predicted octanol–water partition coefficient (Wildman–Crippen LogP) is 3.13. The number of amides is 1. The van der Waals surface area contributed by atoms with Crippen LogP contribution >= 0.6 is 23.6 Å². The van der Waals surface area contributed by atoms with Gasteiger partial charge in [0.15, 0.2) is 0 Å². The first-order chi connectivity index (χ1) is 9.66. The highest BCUT2D eigenvalue weighted by Gasteiger charge is 2.26. The van der Waals surface area contributed by atoms with E-state index >= 15 is 0 Å². The molecule has 0 spiro atoms. The Bertz CT molecular complexity index is 439. The summed E-state index contributed by atoms with van der Waals surface area (Å²) in [6, 6.07) is 4.53. The van der Waals surface area contributed by atoms with Gasteiger partial charge >= 0.3 is 0 Å². The molecule has 0 saturated heterocycles. The lowest BCUT2D eigenvalue weighted by atomic mass is 10.1. The molecule has 1 fully saturated rings. The molecular formula is C15H22N2OS2.